The van der Waals surface area contributed by atoms with Gasteiger partial charge >= 0.3 is 0 Å². The SMILES string of the molecule is COc1c(F)cccc1-c1n[nH]c2ncc(-c3cccc(C(=O)N(C)C)c3)cc12. The first-order valence-corrected chi connectivity index (χ1v) is 8.98. The molecule has 0 radical (unpaired) electrons. The van der Waals surface area contributed by atoms with E-state index in [2.05, 4.69) is 15.2 Å². The molecule has 29 heavy (non-hydrogen) atoms. The monoisotopic (exact) mass is 390 g/mol. The van der Waals surface area contributed by atoms with Crippen molar-refractivity contribution < 1.29 is 13.9 Å². The van der Waals surface area contributed by atoms with Gasteiger partial charge in [0.15, 0.2) is 17.2 Å². The molecule has 1 amide bonds. The number of H-pyrrole nitrogens is 1. The van der Waals surface area contributed by atoms with E-state index < -0.39 is 5.82 Å². The van der Waals surface area contributed by atoms with E-state index in [0.717, 1.165) is 16.5 Å². The Morgan fingerprint density at radius 2 is 1.90 bits per heavy atom. The van der Waals surface area contributed by atoms with E-state index in [0.29, 0.717) is 22.5 Å². The summed E-state index contributed by atoms with van der Waals surface area (Å²) in [6, 6.07) is 14.0. The molecule has 2 heterocycles. The summed E-state index contributed by atoms with van der Waals surface area (Å²) >= 11 is 0. The fourth-order valence-corrected chi connectivity index (χ4v) is 3.26. The number of aromatic amines is 1. The fourth-order valence-electron chi connectivity index (χ4n) is 3.26. The minimum absolute atomic E-state index is 0.0746. The molecular formula is C22H19FN4O2. The van der Waals surface area contributed by atoms with Crippen molar-refractivity contribution >= 4 is 16.9 Å². The molecule has 0 spiro atoms. The molecule has 6 nitrogen and oxygen atoms in total. The van der Waals surface area contributed by atoms with Crippen LogP contribution in [0.5, 0.6) is 5.75 Å². The molecule has 0 atom stereocenters. The van der Waals surface area contributed by atoms with Gasteiger partial charge in [-0.2, -0.15) is 5.10 Å². The van der Waals surface area contributed by atoms with Crippen LogP contribution in [0.25, 0.3) is 33.4 Å². The first kappa shape index (κ1) is 18.6. The predicted molar refractivity (Wildman–Crippen MR) is 109 cm³/mol. The molecule has 4 rings (SSSR count). The van der Waals surface area contributed by atoms with Crippen molar-refractivity contribution in [1.29, 1.82) is 0 Å². The van der Waals surface area contributed by atoms with Crippen molar-refractivity contribution in [3.63, 3.8) is 0 Å². The normalized spacial score (nSPS) is 10.9. The molecule has 0 fully saturated rings. The van der Waals surface area contributed by atoms with Crippen LogP contribution in [0.2, 0.25) is 0 Å². The Morgan fingerprint density at radius 3 is 2.66 bits per heavy atom. The highest BCUT2D eigenvalue weighted by Gasteiger charge is 2.17. The second kappa shape index (κ2) is 7.35. The first-order chi connectivity index (χ1) is 14.0. The number of fused-ring (bicyclic) bond motifs is 1. The third kappa shape index (κ3) is 3.31. The van der Waals surface area contributed by atoms with Gasteiger partial charge < -0.3 is 9.64 Å². The van der Waals surface area contributed by atoms with Crippen molar-refractivity contribution in [1.82, 2.24) is 20.1 Å². The number of pyridine rings is 1. The van der Waals surface area contributed by atoms with Crippen LogP contribution in [0.15, 0.2) is 54.7 Å². The third-order valence-corrected chi connectivity index (χ3v) is 4.69. The summed E-state index contributed by atoms with van der Waals surface area (Å²) in [5.74, 6) is -0.403. The zero-order valence-electron chi connectivity index (χ0n) is 16.2. The number of hydrogen-bond donors (Lipinski definition) is 1. The fraction of sp³-hybridized carbons (Fsp3) is 0.136. The summed E-state index contributed by atoms with van der Waals surface area (Å²) < 4.78 is 19.4. The molecule has 0 saturated heterocycles. The lowest BCUT2D eigenvalue weighted by Gasteiger charge is -2.11. The number of para-hydroxylation sites is 1. The lowest BCUT2D eigenvalue weighted by molar-refractivity contribution is 0.0827. The number of aromatic nitrogens is 3. The molecule has 7 heteroatoms. The summed E-state index contributed by atoms with van der Waals surface area (Å²) in [5, 5.41) is 7.94. The van der Waals surface area contributed by atoms with Crippen LogP contribution < -0.4 is 4.74 Å². The number of ether oxygens (including phenoxy) is 1. The number of carbonyl (C=O) groups excluding carboxylic acids is 1. The van der Waals surface area contributed by atoms with E-state index in [1.54, 1.807) is 38.5 Å². The van der Waals surface area contributed by atoms with Gasteiger partial charge in [0, 0.05) is 42.4 Å². The van der Waals surface area contributed by atoms with Crippen molar-refractivity contribution in [3.05, 3.63) is 66.1 Å². The van der Waals surface area contributed by atoms with Crippen LogP contribution >= 0.6 is 0 Å². The molecular weight excluding hydrogens is 371 g/mol. The molecule has 146 valence electrons. The largest absolute Gasteiger partial charge is 0.493 e. The quantitative estimate of drug-likeness (QED) is 0.568. The van der Waals surface area contributed by atoms with Crippen LogP contribution in [0.1, 0.15) is 10.4 Å². The van der Waals surface area contributed by atoms with Crippen molar-refractivity contribution in [2.45, 2.75) is 0 Å². The number of methoxy groups -OCH3 is 1. The first-order valence-electron chi connectivity index (χ1n) is 8.98. The molecule has 0 aliphatic carbocycles. The number of rotatable bonds is 4. The van der Waals surface area contributed by atoms with Crippen LogP contribution in [-0.2, 0) is 0 Å². The number of nitrogens with one attached hydrogen (secondary N) is 1. The van der Waals surface area contributed by atoms with Crippen LogP contribution in [0.4, 0.5) is 4.39 Å². The minimum Gasteiger partial charge on any atom is -0.493 e. The second-order valence-corrected chi connectivity index (χ2v) is 6.79. The van der Waals surface area contributed by atoms with Crippen LogP contribution in [0, 0.1) is 5.82 Å². The highest BCUT2D eigenvalue weighted by Crippen LogP contribution is 2.36. The van der Waals surface area contributed by atoms with Crippen LogP contribution in [-0.4, -0.2) is 47.2 Å². The van der Waals surface area contributed by atoms with Gasteiger partial charge in [-0.25, -0.2) is 9.37 Å². The smallest absolute Gasteiger partial charge is 0.253 e. The lowest BCUT2D eigenvalue weighted by atomic mass is 10.0. The molecule has 2 aromatic carbocycles. The van der Waals surface area contributed by atoms with Gasteiger partial charge in [0.05, 0.1) is 7.11 Å². The summed E-state index contributed by atoms with van der Waals surface area (Å²) in [7, 11) is 4.85. The van der Waals surface area contributed by atoms with Gasteiger partial charge in [0.2, 0.25) is 0 Å². The van der Waals surface area contributed by atoms with E-state index in [-0.39, 0.29) is 11.7 Å². The van der Waals surface area contributed by atoms with Gasteiger partial charge in [0.1, 0.15) is 5.69 Å². The molecule has 1 N–H and O–H groups in total. The van der Waals surface area contributed by atoms with Crippen molar-refractivity contribution in [2.75, 3.05) is 21.2 Å². The Kier molecular flexibility index (Phi) is 4.72. The topological polar surface area (TPSA) is 71.1 Å². The van der Waals surface area contributed by atoms with Crippen molar-refractivity contribution in [3.8, 4) is 28.1 Å². The standard InChI is InChI=1S/C22H19FN4O2/c1-27(2)22(28)14-7-4-6-13(10-14)15-11-17-19(25-26-21(17)24-12-15)16-8-5-9-18(23)20(16)29-3/h4-12H,1-3H3,(H,24,25,26). The molecule has 0 aliphatic rings. The highest BCUT2D eigenvalue weighted by atomic mass is 19.1. The zero-order chi connectivity index (χ0) is 20.5. The maximum Gasteiger partial charge on any atom is 0.253 e. The van der Waals surface area contributed by atoms with Crippen molar-refractivity contribution in [2.24, 2.45) is 0 Å². The number of halogens is 1. The average Bonchev–Trinajstić information content (AvgIpc) is 3.16. The van der Waals surface area contributed by atoms with E-state index in [9.17, 15) is 9.18 Å². The number of hydrogen-bond acceptors (Lipinski definition) is 4. The number of amides is 1. The lowest BCUT2D eigenvalue weighted by Crippen LogP contribution is -2.21. The molecule has 0 unspecified atom stereocenters. The Bertz CT molecular complexity index is 1220. The van der Waals surface area contributed by atoms with E-state index in [1.807, 2.05) is 24.3 Å². The number of carbonyl (C=O) groups is 1. The third-order valence-electron chi connectivity index (χ3n) is 4.69. The van der Waals surface area contributed by atoms with E-state index in [1.165, 1.54) is 18.1 Å². The van der Waals surface area contributed by atoms with Gasteiger partial charge in [-0.3, -0.25) is 9.89 Å². The molecule has 4 aromatic rings. The second-order valence-electron chi connectivity index (χ2n) is 6.79. The zero-order valence-corrected chi connectivity index (χ0v) is 16.2. The molecule has 0 aliphatic heterocycles. The van der Waals surface area contributed by atoms with Gasteiger partial charge in [0.25, 0.3) is 5.91 Å². The average molecular weight is 390 g/mol. The van der Waals surface area contributed by atoms with Gasteiger partial charge in [-0.05, 0) is 35.9 Å². The maximum absolute atomic E-state index is 14.2. The Balaban J connectivity index is 1.84. The Labute approximate surface area is 167 Å². The summed E-state index contributed by atoms with van der Waals surface area (Å²) in [6.45, 7) is 0. The predicted octanol–water partition coefficient (Wildman–Crippen LogP) is 4.14. The van der Waals surface area contributed by atoms with E-state index in [4.69, 9.17) is 4.74 Å². The Hall–Kier alpha value is -3.74. The molecule has 2 aromatic heterocycles. The summed E-state index contributed by atoms with van der Waals surface area (Å²) in [4.78, 5) is 18.3. The summed E-state index contributed by atoms with van der Waals surface area (Å²) in [5.41, 5.74) is 3.93. The minimum atomic E-state index is -0.458. The number of nitrogens with zero attached hydrogens (tertiary/aromatic N) is 3. The number of benzene rings is 2. The van der Waals surface area contributed by atoms with Gasteiger partial charge in [-0.15, -0.1) is 0 Å². The molecule has 0 saturated carbocycles. The maximum atomic E-state index is 14.2. The highest BCUT2D eigenvalue weighted by molar-refractivity contribution is 5.97. The van der Waals surface area contributed by atoms with Gasteiger partial charge in [-0.1, -0.05) is 18.2 Å². The van der Waals surface area contributed by atoms with Crippen LogP contribution in [0.3, 0.4) is 0 Å². The molecule has 0 bridgehead atoms. The summed E-state index contributed by atoms with van der Waals surface area (Å²) in [6.07, 6.45) is 1.71. The Morgan fingerprint density at radius 1 is 1.10 bits per heavy atom. The van der Waals surface area contributed by atoms with E-state index >= 15 is 0 Å².